The number of nitrogens with zero attached hydrogens (tertiary/aromatic N) is 1. The van der Waals surface area contributed by atoms with Crippen molar-refractivity contribution >= 4 is 0 Å². The lowest BCUT2D eigenvalue weighted by molar-refractivity contribution is -0.182. The number of hydrazine groups is 1. The van der Waals surface area contributed by atoms with Crippen molar-refractivity contribution in [3.05, 3.63) is 29.8 Å². The first kappa shape index (κ1) is 10.9. The fourth-order valence-corrected chi connectivity index (χ4v) is 0.983. The van der Waals surface area contributed by atoms with Crippen LogP contribution < -0.4 is 16.1 Å². The van der Waals surface area contributed by atoms with Gasteiger partial charge in [-0.15, -0.1) is 5.17 Å². The number of hydroxylamine groups is 1. The van der Waals surface area contributed by atoms with E-state index in [1.807, 2.05) is 24.3 Å². The zero-order valence-electron chi connectivity index (χ0n) is 8.36. The second-order valence-electron chi connectivity index (χ2n) is 2.79. The Hall–Kier alpha value is -1.14. The quantitative estimate of drug-likeness (QED) is 0.671. The third kappa shape index (κ3) is 3.31. The van der Waals surface area contributed by atoms with Crippen LogP contribution in [0.1, 0.15) is 5.56 Å². The molecule has 0 saturated heterocycles. The van der Waals surface area contributed by atoms with Crippen LogP contribution in [0.5, 0.6) is 5.75 Å². The zero-order chi connectivity index (χ0) is 10.4. The van der Waals surface area contributed by atoms with Crippen LogP contribution in [-0.2, 0) is 11.5 Å². The van der Waals surface area contributed by atoms with Gasteiger partial charge < -0.3 is 4.74 Å². The van der Waals surface area contributed by atoms with Crippen molar-refractivity contribution in [2.75, 3.05) is 14.2 Å². The Labute approximate surface area is 83.3 Å². The molecule has 0 heterocycles. The highest BCUT2D eigenvalue weighted by Crippen LogP contribution is 2.10. The maximum atomic E-state index is 5.04. The third-order valence-electron chi connectivity index (χ3n) is 1.82. The lowest BCUT2D eigenvalue weighted by Crippen LogP contribution is -2.36. The number of ether oxygens (including phenoxy) is 1. The molecular formula is C9H15N3O2. The fourth-order valence-electron chi connectivity index (χ4n) is 0.983. The summed E-state index contributed by atoms with van der Waals surface area (Å²) < 4.78 is 5.04. The molecule has 0 fully saturated rings. The Kier molecular flexibility index (Phi) is 4.34. The Bertz CT molecular complexity index is 263. The van der Waals surface area contributed by atoms with Crippen molar-refractivity contribution in [3.8, 4) is 5.75 Å². The molecule has 0 bridgehead atoms. The van der Waals surface area contributed by atoms with Crippen LogP contribution in [0.15, 0.2) is 24.3 Å². The molecule has 1 aromatic carbocycles. The average Bonchev–Trinajstić information content (AvgIpc) is 2.26. The number of methoxy groups -OCH3 is 1. The molecule has 0 aliphatic carbocycles. The van der Waals surface area contributed by atoms with E-state index in [0.717, 1.165) is 11.3 Å². The first-order valence-corrected chi connectivity index (χ1v) is 4.23. The normalized spacial score (nSPS) is 10.6. The zero-order valence-corrected chi connectivity index (χ0v) is 8.36. The van der Waals surface area contributed by atoms with Crippen LogP contribution in [-0.4, -0.2) is 19.3 Å². The maximum absolute atomic E-state index is 5.04. The van der Waals surface area contributed by atoms with E-state index in [-0.39, 0.29) is 0 Å². The minimum absolute atomic E-state index is 0.650. The van der Waals surface area contributed by atoms with Crippen LogP contribution in [0, 0.1) is 0 Å². The molecule has 5 nitrogen and oxygen atoms in total. The minimum Gasteiger partial charge on any atom is -0.497 e. The molecule has 0 aliphatic heterocycles. The van der Waals surface area contributed by atoms with E-state index >= 15 is 0 Å². The van der Waals surface area contributed by atoms with Gasteiger partial charge in [0.1, 0.15) is 5.75 Å². The molecule has 0 spiro atoms. The van der Waals surface area contributed by atoms with Crippen molar-refractivity contribution in [1.29, 1.82) is 0 Å². The lowest BCUT2D eigenvalue weighted by Gasteiger charge is -2.13. The Morgan fingerprint density at radius 2 is 2.00 bits per heavy atom. The highest BCUT2D eigenvalue weighted by molar-refractivity contribution is 5.26. The molecule has 1 rings (SSSR count). The smallest absolute Gasteiger partial charge is 0.118 e. The number of hydrogen-bond acceptors (Lipinski definition) is 5. The molecule has 0 atom stereocenters. The van der Waals surface area contributed by atoms with Gasteiger partial charge in [-0.3, -0.25) is 0 Å². The number of benzene rings is 1. The second-order valence-corrected chi connectivity index (χ2v) is 2.79. The summed E-state index contributed by atoms with van der Waals surface area (Å²) in [4.78, 5) is 4.41. The SMILES string of the molecule is COc1ccc(CNN(C)ON)cc1. The van der Waals surface area contributed by atoms with Gasteiger partial charge in [-0.25, -0.2) is 5.43 Å². The van der Waals surface area contributed by atoms with Gasteiger partial charge in [0.25, 0.3) is 0 Å². The van der Waals surface area contributed by atoms with Gasteiger partial charge in [0.05, 0.1) is 7.11 Å². The summed E-state index contributed by atoms with van der Waals surface area (Å²) in [7, 11) is 3.33. The standard InChI is InChI=1S/C9H15N3O2/c1-12(14-10)11-7-8-3-5-9(13-2)6-4-8/h3-6,11H,7,10H2,1-2H3. The second kappa shape index (κ2) is 5.56. The first-order chi connectivity index (χ1) is 6.76. The monoisotopic (exact) mass is 197 g/mol. The van der Waals surface area contributed by atoms with Gasteiger partial charge >= 0.3 is 0 Å². The Balaban J connectivity index is 2.43. The molecule has 0 saturated carbocycles. The summed E-state index contributed by atoms with van der Waals surface area (Å²) in [5, 5.41) is 1.34. The molecule has 3 N–H and O–H groups in total. The van der Waals surface area contributed by atoms with E-state index in [1.54, 1.807) is 14.2 Å². The van der Waals surface area contributed by atoms with Crippen LogP contribution in [0.4, 0.5) is 0 Å². The van der Waals surface area contributed by atoms with Crippen LogP contribution in [0.25, 0.3) is 0 Å². The van der Waals surface area contributed by atoms with Crippen LogP contribution >= 0.6 is 0 Å². The maximum Gasteiger partial charge on any atom is 0.118 e. The van der Waals surface area contributed by atoms with Crippen molar-refractivity contribution < 1.29 is 9.68 Å². The highest BCUT2D eigenvalue weighted by atomic mass is 16.8. The molecule has 78 valence electrons. The summed E-state index contributed by atoms with van der Waals surface area (Å²) in [6.45, 7) is 0.650. The molecular weight excluding hydrogens is 182 g/mol. The summed E-state index contributed by atoms with van der Waals surface area (Å²) in [6, 6.07) is 7.74. The number of nitrogens with one attached hydrogen (secondary N) is 1. The molecule has 14 heavy (non-hydrogen) atoms. The average molecular weight is 197 g/mol. The van der Waals surface area contributed by atoms with Crippen molar-refractivity contribution in [1.82, 2.24) is 10.6 Å². The van der Waals surface area contributed by atoms with E-state index in [2.05, 4.69) is 10.4 Å². The predicted octanol–water partition coefficient (Wildman–Crippen LogP) is 0.437. The summed E-state index contributed by atoms with van der Waals surface area (Å²) in [5.41, 5.74) is 4.05. The van der Waals surface area contributed by atoms with Gasteiger partial charge in [0.15, 0.2) is 0 Å². The molecule has 0 unspecified atom stereocenters. The fraction of sp³-hybridized carbons (Fsp3) is 0.333. The predicted molar refractivity (Wildman–Crippen MR) is 52.9 cm³/mol. The van der Waals surface area contributed by atoms with E-state index in [9.17, 15) is 0 Å². The van der Waals surface area contributed by atoms with Gasteiger partial charge in [0.2, 0.25) is 0 Å². The minimum atomic E-state index is 0.650. The third-order valence-corrected chi connectivity index (χ3v) is 1.82. The molecule has 0 aliphatic rings. The van der Waals surface area contributed by atoms with E-state index in [1.165, 1.54) is 5.17 Å². The molecule has 0 amide bonds. The molecule has 1 aromatic rings. The Morgan fingerprint density at radius 1 is 1.36 bits per heavy atom. The number of hydrogen-bond donors (Lipinski definition) is 2. The van der Waals surface area contributed by atoms with Crippen molar-refractivity contribution in [2.45, 2.75) is 6.54 Å². The topological polar surface area (TPSA) is 59.8 Å². The summed E-state index contributed by atoms with van der Waals surface area (Å²) in [6.07, 6.45) is 0. The van der Waals surface area contributed by atoms with Gasteiger partial charge in [0, 0.05) is 13.6 Å². The largest absolute Gasteiger partial charge is 0.497 e. The molecule has 5 heteroatoms. The van der Waals surface area contributed by atoms with Gasteiger partial charge in [-0.05, 0) is 17.7 Å². The summed E-state index contributed by atoms with van der Waals surface area (Å²) in [5.74, 6) is 5.77. The van der Waals surface area contributed by atoms with Crippen LogP contribution in [0.3, 0.4) is 0 Å². The molecule has 0 radical (unpaired) electrons. The van der Waals surface area contributed by atoms with E-state index < -0.39 is 0 Å². The highest BCUT2D eigenvalue weighted by Gasteiger charge is 1.96. The lowest BCUT2D eigenvalue weighted by atomic mass is 10.2. The van der Waals surface area contributed by atoms with Gasteiger partial charge in [-0.2, -0.15) is 10.8 Å². The van der Waals surface area contributed by atoms with Crippen molar-refractivity contribution in [2.24, 2.45) is 5.90 Å². The number of nitrogens with two attached hydrogens (primary N) is 1. The van der Waals surface area contributed by atoms with E-state index in [4.69, 9.17) is 10.6 Å². The van der Waals surface area contributed by atoms with E-state index in [0.29, 0.717) is 6.54 Å². The Morgan fingerprint density at radius 3 is 2.50 bits per heavy atom. The molecule has 0 aromatic heterocycles. The number of rotatable bonds is 5. The van der Waals surface area contributed by atoms with Gasteiger partial charge in [-0.1, -0.05) is 12.1 Å². The van der Waals surface area contributed by atoms with Crippen LogP contribution in [0.2, 0.25) is 0 Å². The van der Waals surface area contributed by atoms with Crippen molar-refractivity contribution in [3.63, 3.8) is 0 Å². The first-order valence-electron chi connectivity index (χ1n) is 4.23. The summed E-state index contributed by atoms with van der Waals surface area (Å²) >= 11 is 0.